The maximum absolute atomic E-state index is 12.8. The van der Waals surface area contributed by atoms with Crippen molar-refractivity contribution in [3.05, 3.63) is 29.6 Å². The number of hydrogen-bond donors (Lipinski definition) is 1. The van der Waals surface area contributed by atoms with Crippen molar-refractivity contribution in [3.8, 4) is 0 Å². The van der Waals surface area contributed by atoms with Crippen LogP contribution in [0, 0.1) is 6.92 Å². The molecule has 2 aliphatic heterocycles. The molecule has 2 saturated heterocycles. The van der Waals surface area contributed by atoms with E-state index in [1.807, 2.05) is 17.9 Å². The summed E-state index contributed by atoms with van der Waals surface area (Å²) in [6, 6.07) is 5.85. The van der Waals surface area contributed by atoms with Crippen LogP contribution in [0.5, 0.6) is 0 Å². The van der Waals surface area contributed by atoms with Crippen LogP contribution in [-0.4, -0.2) is 57.3 Å². The number of carbonyl (C=O) groups is 2. The highest BCUT2D eigenvalue weighted by Crippen LogP contribution is 2.29. The number of nitrogens with zero attached hydrogens (tertiary/aromatic N) is 3. The van der Waals surface area contributed by atoms with Gasteiger partial charge in [-0.05, 0) is 44.7 Å². The molecular formula is C20H26N4O2. The predicted octanol–water partition coefficient (Wildman–Crippen LogP) is 2.59. The van der Waals surface area contributed by atoms with Gasteiger partial charge in [-0.1, -0.05) is 12.1 Å². The minimum absolute atomic E-state index is 0.0825. The molecule has 26 heavy (non-hydrogen) atoms. The minimum atomic E-state index is -0.338. The Morgan fingerprint density at radius 1 is 1.27 bits per heavy atom. The molecule has 6 nitrogen and oxygen atoms in total. The number of H-pyrrole nitrogens is 1. The van der Waals surface area contributed by atoms with Crippen molar-refractivity contribution in [2.45, 2.75) is 51.5 Å². The van der Waals surface area contributed by atoms with Gasteiger partial charge in [0.15, 0.2) is 0 Å². The summed E-state index contributed by atoms with van der Waals surface area (Å²) >= 11 is 0. The van der Waals surface area contributed by atoms with Crippen LogP contribution in [0.4, 0.5) is 0 Å². The molecule has 0 saturated carbocycles. The molecule has 0 unspecified atom stereocenters. The summed E-state index contributed by atoms with van der Waals surface area (Å²) < 4.78 is 0. The smallest absolute Gasteiger partial charge is 0.245 e. The van der Waals surface area contributed by atoms with E-state index in [2.05, 4.69) is 24.0 Å². The van der Waals surface area contributed by atoms with E-state index in [1.54, 1.807) is 4.90 Å². The first kappa shape index (κ1) is 17.1. The number of aryl methyl sites for hydroxylation is 1. The maximum atomic E-state index is 12.8. The molecule has 2 amide bonds. The number of likely N-dealkylation sites (tertiary alicyclic amines) is 2. The summed E-state index contributed by atoms with van der Waals surface area (Å²) in [6.45, 7) is 6.10. The summed E-state index contributed by atoms with van der Waals surface area (Å²) in [5.74, 6) is 1.58. The average Bonchev–Trinajstić information content (AvgIpc) is 3.28. The van der Waals surface area contributed by atoms with E-state index in [4.69, 9.17) is 4.98 Å². The molecule has 0 aliphatic carbocycles. The second kappa shape index (κ2) is 6.74. The number of carbonyl (C=O) groups excluding carboxylic acids is 2. The molecule has 2 aliphatic rings. The largest absolute Gasteiger partial charge is 0.342 e. The van der Waals surface area contributed by atoms with Crippen LogP contribution in [0.25, 0.3) is 11.0 Å². The lowest BCUT2D eigenvalue weighted by Gasteiger charge is -2.35. The molecule has 1 atom stereocenters. The van der Waals surface area contributed by atoms with E-state index in [-0.39, 0.29) is 17.9 Å². The van der Waals surface area contributed by atoms with Gasteiger partial charge in [0, 0.05) is 32.0 Å². The zero-order valence-corrected chi connectivity index (χ0v) is 15.5. The zero-order chi connectivity index (χ0) is 18.3. The van der Waals surface area contributed by atoms with Crippen molar-refractivity contribution in [3.63, 3.8) is 0 Å². The number of amides is 2. The van der Waals surface area contributed by atoms with E-state index >= 15 is 0 Å². The standard InChI is InChI=1S/C20H26N4O2/c1-13-5-3-6-16-18(13)22-19(21-16)15-8-11-23(12-9-15)20(26)14(2)24-10-4-7-17(24)25/h3,5-6,14-15H,4,7-12H2,1-2H3,(H,21,22)/t14-/m1/s1. The van der Waals surface area contributed by atoms with Gasteiger partial charge >= 0.3 is 0 Å². The number of imidazole rings is 1. The summed E-state index contributed by atoms with van der Waals surface area (Å²) in [7, 11) is 0. The summed E-state index contributed by atoms with van der Waals surface area (Å²) in [6.07, 6.45) is 3.26. The number of aromatic amines is 1. The average molecular weight is 354 g/mol. The molecular weight excluding hydrogens is 328 g/mol. The predicted molar refractivity (Wildman–Crippen MR) is 99.8 cm³/mol. The van der Waals surface area contributed by atoms with Crippen molar-refractivity contribution in [1.29, 1.82) is 0 Å². The summed E-state index contributed by atoms with van der Waals surface area (Å²) in [4.78, 5) is 36.6. The number of aromatic nitrogens is 2. The van der Waals surface area contributed by atoms with Crippen molar-refractivity contribution in [1.82, 2.24) is 19.8 Å². The lowest BCUT2D eigenvalue weighted by Crippen LogP contribution is -2.49. The number of para-hydroxylation sites is 1. The summed E-state index contributed by atoms with van der Waals surface area (Å²) in [5.41, 5.74) is 3.31. The Bertz CT molecular complexity index is 835. The highest BCUT2D eigenvalue weighted by molar-refractivity contribution is 5.88. The molecule has 1 aromatic carbocycles. The van der Waals surface area contributed by atoms with Crippen LogP contribution in [-0.2, 0) is 9.59 Å². The third-order valence-corrected chi connectivity index (χ3v) is 5.86. The Morgan fingerprint density at radius 3 is 2.69 bits per heavy atom. The Kier molecular flexibility index (Phi) is 4.42. The zero-order valence-electron chi connectivity index (χ0n) is 15.5. The highest BCUT2D eigenvalue weighted by Gasteiger charge is 2.34. The maximum Gasteiger partial charge on any atom is 0.245 e. The molecule has 2 aromatic rings. The number of rotatable bonds is 3. The molecule has 2 fully saturated rings. The third-order valence-electron chi connectivity index (χ3n) is 5.86. The van der Waals surface area contributed by atoms with Gasteiger partial charge in [-0.2, -0.15) is 0 Å². The Morgan fingerprint density at radius 2 is 2.04 bits per heavy atom. The molecule has 0 spiro atoms. The van der Waals surface area contributed by atoms with Crippen LogP contribution < -0.4 is 0 Å². The first-order chi connectivity index (χ1) is 12.5. The topological polar surface area (TPSA) is 69.3 Å². The number of fused-ring (bicyclic) bond motifs is 1. The van der Waals surface area contributed by atoms with E-state index in [1.165, 1.54) is 5.56 Å². The van der Waals surface area contributed by atoms with Crippen LogP contribution in [0.2, 0.25) is 0 Å². The molecule has 138 valence electrons. The van der Waals surface area contributed by atoms with Crippen LogP contribution in [0.1, 0.15) is 49.9 Å². The molecule has 0 radical (unpaired) electrons. The number of hydrogen-bond acceptors (Lipinski definition) is 3. The Hall–Kier alpha value is -2.37. The van der Waals surface area contributed by atoms with E-state index in [9.17, 15) is 9.59 Å². The second-order valence-corrected chi connectivity index (χ2v) is 7.56. The fourth-order valence-electron chi connectivity index (χ4n) is 4.24. The van der Waals surface area contributed by atoms with E-state index in [0.717, 1.165) is 49.2 Å². The fraction of sp³-hybridized carbons (Fsp3) is 0.550. The van der Waals surface area contributed by atoms with E-state index in [0.29, 0.717) is 18.9 Å². The molecule has 1 aromatic heterocycles. The molecule has 4 rings (SSSR count). The van der Waals surface area contributed by atoms with Gasteiger partial charge in [0.1, 0.15) is 11.9 Å². The first-order valence-electron chi connectivity index (χ1n) is 9.58. The minimum Gasteiger partial charge on any atom is -0.342 e. The van der Waals surface area contributed by atoms with Gasteiger partial charge in [0.2, 0.25) is 11.8 Å². The van der Waals surface area contributed by atoms with Gasteiger partial charge < -0.3 is 14.8 Å². The van der Waals surface area contributed by atoms with Crippen molar-refractivity contribution in [2.75, 3.05) is 19.6 Å². The van der Waals surface area contributed by atoms with Gasteiger partial charge in [0.25, 0.3) is 0 Å². The van der Waals surface area contributed by atoms with Gasteiger partial charge in [-0.25, -0.2) is 4.98 Å². The first-order valence-corrected chi connectivity index (χ1v) is 9.58. The van der Waals surface area contributed by atoms with Crippen molar-refractivity contribution >= 4 is 22.8 Å². The Labute approximate surface area is 153 Å². The van der Waals surface area contributed by atoms with Crippen LogP contribution in [0.15, 0.2) is 18.2 Å². The lowest BCUT2D eigenvalue weighted by molar-refractivity contribution is -0.143. The Balaban J connectivity index is 1.41. The fourth-order valence-corrected chi connectivity index (χ4v) is 4.24. The molecule has 0 bridgehead atoms. The SMILES string of the molecule is Cc1cccc2[nH]c(C3CCN(C(=O)[C@@H](C)N4CCCC4=O)CC3)nc12. The monoisotopic (exact) mass is 354 g/mol. The van der Waals surface area contributed by atoms with E-state index < -0.39 is 0 Å². The highest BCUT2D eigenvalue weighted by atomic mass is 16.2. The van der Waals surface area contributed by atoms with Gasteiger partial charge in [-0.15, -0.1) is 0 Å². The third kappa shape index (κ3) is 2.97. The van der Waals surface area contributed by atoms with Gasteiger partial charge in [-0.3, -0.25) is 9.59 Å². The molecule has 3 heterocycles. The van der Waals surface area contributed by atoms with Gasteiger partial charge in [0.05, 0.1) is 11.0 Å². The number of piperidine rings is 1. The molecule has 1 N–H and O–H groups in total. The lowest BCUT2D eigenvalue weighted by atomic mass is 9.95. The second-order valence-electron chi connectivity index (χ2n) is 7.56. The quantitative estimate of drug-likeness (QED) is 0.921. The number of benzene rings is 1. The van der Waals surface area contributed by atoms with Crippen LogP contribution in [0.3, 0.4) is 0 Å². The van der Waals surface area contributed by atoms with Crippen molar-refractivity contribution < 1.29 is 9.59 Å². The normalized spacial score (nSPS) is 20.2. The van der Waals surface area contributed by atoms with Crippen molar-refractivity contribution in [2.24, 2.45) is 0 Å². The van der Waals surface area contributed by atoms with Crippen LogP contribution >= 0.6 is 0 Å². The number of nitrogens with one attached hydrogen (secondary N) is 1. The summed E-state index contributed by atoms with van der Waals surface area (Å²) in [5, 5.41) is 0. The molecule has 6 heteroatoms.